The van der Waals surface area contributed by atoms with E-state index in [2.05, 4.69) is 41.5 Å². The molecule has 11 atom stereocenters. The van der Waals surface area contributed by atoms with Gasteiger partial charge in [-0.3, -0.25) is 4.79 Å². The molecule has 0 aromatic heterocycles. The number of carbonyl (C=O) groups is 1. The number of carbonyl (C=O) groups excluding carboxylic acids is 1. The molecule has 5 aliphatic carbocycles. The van der Waals surface area contributed by atoms with Crippen LogP contribution >= 0.6 is 0 Å². The molecule has 5 rings (SSSR count). The smallest absolute Gasteiger partial charge is 0.164 e. The van der Waals surface area contributed by atoms with E-state index in [1.807, 2.05) is 6.92 Å². The summed E-state index contributed by atoms with van der Waals surface area (Å²) in [6.07, 6.45) is 10.1. The van der Waals surface area contributed by atoms with Crippen molar-refractivity contribution in [2.45, 2.75) is 119 Å². The second-order valence-electron chi connectivity index (χ2n) is 14.8. The summed E-state index contributed by atoms with van der Waals surface area (Å²) in [5.41, 5.74) is 0.126. The molecular formula is C30H50O3. The summed E-state index contributed by atoms with van der Waals surface area (Å²) in [4.78, 5) is 13.0. The van der Waals surface area contributed by atoms with E-state index in [9.17, 15) is 15.0 Å². The van der Waals surface area contributed by atoms with Gasteiger partial charge in [-0.25, -0.2) is 0 Å². The highest BCUT2D eigenvalue weighted by atomic mass is 16.5. The third kappa shape index (κ3) is 2.85. The number of hydrogen-bond donors (Lipinski definition) is 2. The van der Waals surface area contributed by atoms with E-state index in [4.69, 9.17) is 0 Å². The van der Waals surface area contributed by atoms with Gasteiger partial charge >= 0.3 is 0 Å². The lowest BCUT2D eigenvalue weighted by atomic mass is 9.31. The molecule has 3 heteroatoms. The molecule has 33 heavy (non-hydrogen) atoms. The number of Topliss-reactive ketones (excluding diaryl/α,β-unsaturated/α-hetero) is 1. The van der Waals surface area contributed by atoms with E-state index in [-0.39, 0.29) is 22.5 Å². The van der Waals surface area contributed by atoms with Crippen molar-refractivity contribution >= 4 is 5.78 Å². The minimum Gasteiger partial charge on any atom is -0.367 e. The Hall–Kier alpha value is -0.410. The first-order valence-corrected chi connectivity index (χ1v) is 14.2. The average molecular weight is 459 g/mol. The van der Waals surface area contributed by atoms with Gasteiger partial charge in [0.25, 0.3) is 0 Å². The van der Waals surface area contributed by atoms with E-state index in [0.29, 0.717) is 23.2 Å². The molecule has 0 aliphatic heterocycles. The first-order valence-electron chi connectivity index (χ1n) is 14.2. The van der Waals surface area contributed by atoms with Gasteiger partial charge in [0.1, 0.15) is 5.78 Å². The Balaban J connectivity index is 1.55. The summed E-state index contributed by atoms with van der Waals surface area (Å²) >= 11 is 0. The van der Waals surface area contributed by atoms with Gasteiger partial charge in [-0.15, -0.1) is 0 Å². The number of hydrogen-bond acceptors (Lipinski definition) is 3. The monoisotopic (exact) mass is 458 g/mol. The zero-order valence-electron chi connectivity index (χ0n) is 22.4. The van der Waals surface area contributed by atoms with Gasteiger partial charge in [-0.2, -0.15) is 0 Å². The maximum Gasteiger partial charge on any atom is 0.164 e. The van der Waals surface area contributed by atoms with Crippen LogP contribution in [0.15, 0.2) is 0 Å². The third-order valence-electron chi connectivity index (χ3n) is 14.0. The molecule has 2 N–H and O–H groups in total. The maximum atomic E-state index is 13.0. The Morgan fingerprint density at radius 3 is 2.15 bits per heavy atom. The number of fused-ring (bicyclic) bond motifs is 7. The van der Waals surface area contributed by atoms with Gasteiger partial charge in [0.15, 0.2) is 6.29 Å². The highest BCUT2D eigenvalue weighted by Crippen LogP contribution is 2.76. The second-order valence-corrected chi connectivity index (χ2v) is 14.8. The van der Waals surface area contributed by atoms with Gasteiger partial charge in [-0.05, 0) is 122 Å². The lowest BCUT2D eigenvalue weighted by molar-refractivity contribution is -0.262. The molecule has 0 spiro atoms. The molecule has 0 aromatic carbocycles. The molecule has 3 nitrogen and oxygen atoms in total. The Morgan fingerprint density at radius 1 is 0.788 bits per heavy atom. The Bertz CT molecular complexity index is 821. The summed E-state index contributed by atoms with van der Waals surface area (Å²) < 4.78 is 0. The molecular weight excluding hydrogens is 408 g/mol. The summed E-state index contributed by atoms with van der Waals surface area (Å²) in [6.45, 7) is 17.2. The lowest BCUT2D eigenvalue weighted by Crippen LogP contribution is -2.68. The minimum atomic E-state index is -1.55. The predicted octanol–water partition coefficient (Wildman–Crippen LogP) is 6.60. The summed E-state index contributed by atoms with van der Waals surface area (Å²) in [5, 5.41) is 20.8. The second kappa shape index (κ2) is 7.31. The van der Waals surface area contributed by atoms with Crippen LogP contribution in [0, 0.1) is 62.6 Å². The largest absolute Gasteiger partial charge is 0.367 e. The van der Waals surface area contributed by atoms with Crippen molar-refractivity contribution in [3.8, 4) is 0 Å². The highest BCUT2D eigenvalue weighted by Gasteiger charge is 2.71. The Morgan fingerprint density at radius 2 is 1.48 bits per heavy atom. The summed E-state index contributed by atoms with van der Waals surface area (Å²) in [6, 6.07) is 0. The molecule has 0 bridgehead atoms. The molecule has 188 valence electrons. The van der Waals surface area contributed by atoms with Crippen molar-refractivity contribution in [1.29, 1.82) is 0 Å². The molecule has 0 saturated heterocycles. The normalized spacial score (nSPS) is 58.8. The number of aliphatic hydroxyl groups excluding tert-OH is 1. The molecule has 0 heterocycles. The van der Waals surface area contributed by atoms with Crippen molar-refractivity contribution in [3.05, 3.63) is 0 Å². The Kier molecular flexibility index (Phi) is 5.38. The topological polar surface area (TPSA) is 57.5 Å². The van der Waals surface area contributed by atoms with Gasteiger partial charge in [0.05, 0.1) is 5.41 Å². The van der Waals surface area contributed by atoms with Crippen LogP contribution in [-0.4, -0.2) is 22.3 Å². The lowest BCUT2D eigenvalue weighted by Gasteiger charge is -2.73. The van der Waals surface area contributed by atoms with Crippen LogP contribution in [0.2, 0.25) is 0 Å². The number of aliphatic hydroxyl groups is 2. The van der Waals surface area contributed by atoms with E-state index >= 15 is 0 Å². The quantitative estimate of drug-likeness (QED) is 0.435. The van der Waals surface area contributed by atoms with Crippen LogP contribution in [0.5, 0.6) is 0 Å². The molecule has 5 aliphatic rings. The van der Waals surface area contributed by atoms with Gasteiger partial charge < -0.3 is 10.2 Å². The molecule has 0 amide bonds. The van der Waals surface area contributed by atoms with Crippen LogP contribution < -0.4 is 0 Å². The minimum absolute atomic E-state index is 0.0135. The van der Waals surface area contributed by atoms with E-state index in [0.717, 1.165) is 42.9 Å². The van der Waals surface area contributed by atoms with E-state index in [1.54, 1.807) is 0 Å². The van der Waals surface area contributed by atoms with Gasteiger partial charge in [-0.1, -0.05) is 41.5 Å². The van der Waals surface area contributed by atoms with E-state index in [1.165, 1.54) is 38.5 Å². The van der Waals surface area contributed by atoms with Gasteiger partial charge in [0.2, 0.25) is 0 Å². The van der Waals surface area contributed by atoms with Crippen molar-refractivity contribution in [3.63, 3.8) is 0 Å². The molecule has 5 fully saturated rings. The van der Waals surface area contributed by atoms with Crippen molar-refractivity contribution in [1.82, 2.24) is 0 Å². The zero-order valence-corrected chi connectivity index (χ0v) is 22.4. The third-order valence-corrected chi connectivity index (χ3v) is 14.0. The predicted molar refractivity (Wildman–Crippen MR) is 132 cm³/mol. The van der Waals surface area contributed by atoms with Crippen LogP contribution in [0.3, 0.4) is 0 Å². The molecule has 0 radical (unpaired) electrons. The van der Waals surface area contributed by atoms with Crippen molar-refractivity contribution < 1.29 is 15.0 Å². The van der Waals surface area contributed by atoms with E-state index < -0.39 is 11.7 Å². The first kappa shape index (κ1) is 24.3. The SMILES string of the molecule is C[C@@H]1[C@H]2[C@H]3CC[C@@H]4[C@@]5(C)CCC(=O)C(C)(C(O)O)[C@@H]5CC[C@@]4(C)[C@]3(C)CC[C@@]2(C)CC[C@H]1C. The van der Waals surface area contributed by atoms with Crippen LogP contribution in [0.25, 0.3) is 0 Å². The van der Waals surface area contributed by atoms with Crippen LogP contribution in [-0.2, 0) is 4.79 Å². The van der Waals surface area contributed by atoms with Gasteiger partial charge in [0, 0.05) is 6.42 Å². The maximum absolute atomic E-state index is 13.0. The summed E-state index contributed by atoms with van der Waals surface area (Å²) in [7, 11) is 0. The van der Waals surface area contributed by atoms with Crippen molar-refractivity contribution in [2.24, 2.45) is 62.6 Å². The molecule has 1 unspecified atom stereocenters. The fourth-order valence-corrected chi connectivity index (χ4v) is 11.6. The van der Waals surface area contributed by atoms with Crippen LogP contribution in [0.4, 0.5) is 0 Å². The summed E-state index contributed by atoms with van der Waals surface area (Å²) in [5.74, 6) is 3.99. The average Bonchev–Trinajstić information content (AvgIpc) is 2.75. The number of ketones is 1. The van der Waals surface area contributed by atoms with Crippen molar-refractivity contribution in [2.75, 3.05) is 0 Å². The number of rotatable bonds is 1. The molecule has 5 saturated carbocycles. The fraction of sp³-hybridized carbons (Fsp3) is 0.967. The molecule has 0 aromatic rings. The van der Waals surface area contributed by atoms with Crippen LogP contribution in [0.1, 0.15) is 113 Å². The Labute approximate surface area is 202 Å². The standard InChI is InChI=1S/C30H50O3/c1-18-10-13-26(3)16-17-28(5)20(24(26)19(18)2)8-9-21-27(4)14-12-23(31)30(7,25(32)33)22(27)11-15-29(21,28)6/h18-22,24-25,32-33H,8-17H2,1-7H3/t18-,19+,20-,21-,22-,24+,26-,27-,28-,29-,30?/m1/s1. The highest BCUT2D eigenvalue weighted by molar-refractivity contribution is 5.86. The fourth-order valence-electron chi connectivity index (χ4n) is 11.6. The first-order chi connectivity index (χ1) is 15.3. The zero-order chi connectivity index (χ0) is 24.2.